The summed E-state index contributed by atoms with van der Waals surface area (Å²) in [6, 6.07) is 0. The molecule has 1 rings (SSSR count). The van der Waals surface area contributed by atoms with Crippen LogP contribution in [0.2, 0.25) is 0 Å². The summed E-state index contributed by atoms with van der Waals surface area (Å²) in [5.41, 5.74) is 0.881. The molecule has 2 amide bonds. The Hall–Kier alpha value is -1.43. The zero-order chi connectivity index (χ0) is 15.1. The van der Waals surface area contributed by atoms with Gasteiger partial charge in [0.2, 0.25) is 11.8 Å². The van der Waals surface area contributed by atoms with Crippen LogP contribution in [0.15, 0.2) is 5.38 Å². The lowest BCUT2D eigenvalue weighted by Gasteiger charge is -2.22. The fourth-order valence-electron chi connectivity index (χ4n) is 1.67. The molecular formula is C14H23N3O2S. The maximum atomic E-state index is 12.0. The molecule has 0 aliphatic rings. The Balaban J connectivity index is 2.54. The molecule has 1 aromatic rings. The Morgan fingerprint density at radius 1 is 1.45 bits per heavy atom. The van der Waals surface area contributed by atoms with Crippen molar-refractivity contribution < 1.29 is 9.59 Å². The Kier molecular flexibility index (Phi) is 6.64. The molecule has 5 nitrogen and oxygen atoms in total. The van der Waals surface area contributed by atoms with Crippen molar-refractivity contribution in [3.8, 4) is 0 Å². The molecule has 0 aliphatic heterocycles. The quantitative estimate of drug-likeness (QED) is 0.841. The molecule has 0 radical (unpaired) electrons. The highest BCUT2D eigenvalue weighted by Crippen LogP contribution is 2.14. The summed E-state index contributed by atoms with van der Waals surface area (Å²) < 4.78 is 0. The van der Waals surface area contributed by atoms with Gasteiger partial charge in [0.1, 0.15) is 0 Å². The van der Waals surface area contributed by atoms with Crippen molar-refractivity contribution in [3.05, 3.63) is 11.1 Å². The maximum Gasteiger partial charge on any atom is 0.245 e. The zero-order valence-corrected chi connectivity index (χ0v) is 13.4. The van der Waals surface area contributed by atoms with Gasteiger partial charge in [-0.05, 0) is 19.3 Å². The highest BCUT2D eigenvalue weighted by molar-refractivity contribution is 7.13. The number of hydrogen-bond acceptors (Lipinski definition) is 4. The van der Waals surface area contributed by atoms with Crippen LogP contribution in [-0.2, 0) is 9.59 Å². The summed E-state index contributed by atoms with van der Waals surface area (Å²) in [6.45, 7) is 8.61. The van der Waals surface area contributed by atoms with E-state index in [1.54, 1.807) is 4.90 Å². The van der Waals surface area contributed by atoms with Crippen molar-refractivity contribution in [1.82, 2.24) is 9.88 Å². The van der Waals surface area contributed by atoms with Gasteiger partial charge in [0, 0.05) is 18.3 Å². The third kappa shape index (κ3) is 5.69. The van der Waals surface area contributed by atoms with Crippen molar-refractivity contribution in [2.45, 2.75) is 40.5 Å². The number of aryl methyl sites for hydroxylation is 1. The smallest absolute Gasteiger partial charge is 0.245 e. The summed E-state index contributed by atoms with van der Waals surface area (Å²) in [4.78, 5) is 29.6. The summed E-state index contributed by atoms with van der Waals surface area (Å²) in [5.74, 6) is 0.327. The Morgan fingerprint density at radius 2 is 2.15 bits per heavy atom. The highest BCUT2D eigenvalue weighted by Gasteiger charge is 2.16. The van der Waals surface area contributed by atoms with E-state index in [0.29, 0.717) is 24.0 Å². The molecule has 1 N–H and O–H groups in total. The van der Waals surface area contributed by atoms with Crippen LogP contribution in [0.4, 0.5) is 5.13 Å². The first-order valence-electron chi connectivity index (χ1n) is 6.92. The molecule has 6 heteroatoms. The number of anilines is 1. The summed E-state index contributed by atoms with van der Waals surface area (Å²) in [7, 11) is 0. The normalized spacial score (nSPS) is 10.7. The van der Waals surface area contributed by atoms with E-state index in [-0.39, 0.29) is 18.4 Å². The molecule has 20 heavy (non-hydrogen) atoms. The van der Waals surface area contributed by atoms with Crippen molar-refractivity contribution >= 4 is 28.3 Å². The average Bonchev–Trinajstić information content (AvgIpc) is 2.78. The maximum absolute atomic E-state index is 12.0. The predicted molar refractivity (Wildman–Crippen MR) is 81.8 cm³/mol. The number of nitrogens with one attached hydrogen (secondary N) is 1. The summed E-state index contributed by atoms with van der Waals surface area (Å²) in [5, 5.41) is 5.20. The highest BCUT2D eigenvalue weighted by atomic mass is 32.1. The van der Waals surface area contributed by atoms with E-state index in [1.165, 1.54) is 11.3 Å². The molecule has 112 valence electrons. The van der Waals surface area contributed by atoms with E-state index in [9.17, 15) is 9.59 Å². The number of carbonyl (C=O) groups excluding carboxylic acids is 2. The fourth-order valence-corrected chi connectivity index (χ4v) is 2.38. The first-order chi connectivity index (χ1) is 9.42. The second-order valence-corrected chi connectivity index (χ2v) is 6.05. The topological polar surface area (TPSA) is 62.3 Å². The molecule has 0 aromatic carbocycles. The summed E-state index contributed by atoms with van der Waals surface area (Å²) in [6.07, 6.45) is 1.32. The molecule has 0 bridgehead atoms. The third-order valence-electron chi connectivity index (χ3n) is 2.83. The van der Waals surface area contributed by atoms with Crippen molar-refractivity contribution in [3.63, 3.8) is 0 Å². The van der Waals surface area contributed by atoms with Gasteiger partial charge in [-0.2, -0.15) is 0 Å². The van der Waals surface area contributed by atoms with Crippen LogP contribution in [-0.4, -0.2) is 34.8 Å². The third-order valence-corrected chi connectivity index (χ3v) is 3.71. The van der Waals surface area contributed by atoms with Crippen LogP contribution in [0.5, 0.6) is 0 Å². The van der Waals surface area contributed by atoms with Crippen LogP contribution < -0.4 is 5.32 Å². The van der Waals surface area contributed by atoms with Crippen molar-refractivity contribution in [2.24, 2.45) is 5.92 Å². The molecule has 0 saturated carbocycles. The SMILES string of the molecule is CCC(=O)N(CCC(C)C)CC(=O)Nc1nc(C)cs1. The number of rotatable bonds is 7. The van der Waals surface area contributed by atoms with Gasteiger partial charge in [0.25, 0.3) is 0 Å². The van der Waals surface area contributed by atoms with E-state index in [4.69, 9.17) is 0 Å². The lowest BCUT2D eigenvalue weighted by Crippen LogP contribution is -2.38. The Morgan fingerprint density at radius 3 is 2.65 bits per heavy atom. The number of hydrogen-bond donors (Lipinski definition) is 1. The summed E-state index contributed by atoms with van der Waals surface area (Å²) >= 11 is 1.39. The van der Waals surface area contributed by atoms with E-state index < -0.39 is 0 Å². The molecule has 0 atom stereocenters. The minimum atomic E-state index is -0.190. The molecule has 0 saturated heterocycles. The minimum Gasteiger partial charge on any atom is -0.333 e. The van der Waals surface area contributed by atoms with Gasteiger partial charge >= 0.3 is 0 Å². The van der Waals surface area contributed by atoms with Crippen molar-refractivity contribution in [1.29, 1.82) is 0 Å². The lowest BCUT2D eigenvalue weighted by atomic mass is 10.1. The number of thiazole rings is 1. The molecule has 0 unspecified atom stereocenters. The first-order valence-corrected chi connectivity index (χ1v) is 7.80. The number of carbonyl (C=O) groups is 2. The van der Waals surface area contributed by atoms with Gasteiger partial charge in [-0.25, -0.2) is 4.98 Å². The molecular weight excluding hydrogens is 274 g/mol. The fraction of sp³-hybridized carbons (Fsp3) is 0.643. The number of nitrogens with zero attached hydrogens (tertiary/aromatic N) is 2. The van der Waals surface area contributed by atoms with Crippen LogP contribution in [0.25, 0.3) is 0 Å². The number of aromatic nitrogens is 1. The van der Waals surface area contributed by atoms with E-state index in [2.05, 4.69) is 24.1 Å². The first kappa shape index (κ1) is 16.6. The monoisotopic (exact) mass is 297 g/mol. The van der Waals surface area contributed by atoms with Crippen molar-refractivity contribution in [2.75, 3.05) is 18.4 Å². The van der Waals surface area contributed by atoms with Crippen LogP contribution in [0.1, 0.15) is 39.3 Å². The molecule has 0 spiro atoms. The number of amides is 2. The second kappa shape index (κ2) is 7.99. The Bertz CT molecular complexity index is 457. The minimum absolute atomic E-state index is 0.0103. The van der Waals surface area contributed by atoms with Gasteiger partial charge in [-0.15, -0.1) is 11.3 Å². The van der Waals surface area contributed by atoms with E-state index in [0.717, 1.165) is 12.1 Å². The molecule has 1 aromatic heterocycles. The van der Waals surface area contributed by atoms with Crippen LogP contribution >= 0.6 is 11.3 Å². The molecule has 0 aliphatic carbocycles. The van der Waals surface area contributed by atoms with Crippen LogP contribution in [0.3, 0.4) is 0 Å². The van der Waals surface area contributed by atoms with Gasteiger partial charge in [-0.3, -0.25) is 9.59 Å². The van der Waals surface area contributed by atoms with E-state index in [1.807, 2.05) is 19.2 Å². The Labute approximate surface area is 124 Å². The second-order valence-electron chi connectivity index (χ2n) is 5.19. The van der Waals surface area contributed by atoms with Crippen LogP contribution in [0, 0.1) is 12.8 Å². The zero-order valence-electron chi connectivity index (χ0n) is 12.6. The largest absolute Gasteiger partial charge is 0.333 e. The van der Waals surface area contributed by atoms with Gasteiger partial charge < -0.3 is 10.2 Å². The molecule has 1 heterocycles. The standard InChI is InChI=1S/C14H23N3O2S/c1-5-13(19)17(7-6-10(2)3)8-12(18)16-14-15-11(4)9-20-14/h9-10H,5-8H2,1-4H3,(H,15,16,18). The molecule has 0 fully saturated rings. The predicted octanol–water partition coefficient (Wildman–Crippen LogP) is 2.67. The van der Waals surface area contributed by atoms with Gasteiger partial charge in [-0.1, -0.05) is 20.8 Å². The van der Waals surface area contributed by atoms with E-state index >= 15 is 0 Å². The average molecular weight is 297 g/mol. The van der Waals surface area contributed by atoms with Gasteiger partial charge in [0.05, 0.1) is 12.2 Å². The van der Waals surface area contributed by atoms with Gasteiger partial charge in [0.15, 0.2) is 5.13 Å². The lowest BCUT2D eigenvalue weighted by molar-refractivity contribution is -0.134.